The third-order valence-corrected chi connectivity index (χ3v) is 3.69. The topological polar surface area (TPSA) is 48.7 Å². The lowest BCUT2D eigenvalue weighted by Crippen LogP contribution is -2.44. The molecule has 2 rings (SSSR count). The number of carbonyl (C=O) groups excluding carboxylic acids is 1. The molecule has 5 nitrogen and oxygen atoms in total. The average molecular weight is 265 g/mol. The molecule has 0 bridgehead atoms. The molecule has 2 heterocycles. The van der Waals surface area contributed by atoms with Gasteiger partial charge in [0.25, 0.3) is 0 Å². The van der Waals surface area contributed by atoms with E-state index in [-0.39, 0.29) is 5.91 Å². The zero-order chi connectivity index (χ0) is 13.7. The number of likely N-dealkylation sites (N-methyl/N-ethyl adjacent to an activating group) is 2. The van der Waals surface area contributed by atoms with Crippen molar-refractivity contribution in [2.75, 3.05) is 33.2 Å². The molecule has 1 atom stereocenters. The van der Waals surface area contributed by atoms with Gasteiger partial charge in [-0.05, 0) is 31.6 Å². The van der Waals surface area contributed by atoms with Gasteiger partial charge in [0.05, 0.1) is 19.4 Å². The number of furan rings is 1. The van der Waals surface area contributed by atoms with Crippen LogP contribution in [0.3, 0.4) is 0 Å². The Bertz CT molecular complexity index is 385. The van der Waals surface area contributed by atoms with Crippen molar-refractivity contribution in [2.45, 2.75) is 25.9 Å². The zero-order valence-electron chi connectivity index (χ0n) is 11.8. The molecule has 0 radical (unpaired) electrons. The molecule has 0 aliphatic carbocycles. The van der Waals surface area contributed by atoms with Gasteiger partial charge in [-0.2, -0.15) is 0 Å². The summed E-state index contributed by atoms with van der Waals surface area (Å²) in [7, 11) is 1.82. The van der Waals surface area contributed by atoms with Crippen molar-refractivity contribution in [3.63, 3.8) is 0 Å². The van der Waals surface area contributed by atoms with Gasteiger partial charge in [-0.3, -0.25) is 9.69 Å². The SMILES string of the molecule is CCN(CC(=O)N(C)Cc1ccco1)C1CCNC1. The fourth-order valence-corrected chi connectivity index (χ4v) is 2.47. The third-order valence-electron chi connectivity index (χ3n) is 3.69. The van der Waals surface area contributed by atoms with Gasteiger partial charge in [0.2, 0.25) is 5.91 Å². The van der Waals surface area contributed by atoms with Gasteiger partial charge in [-0.15, -0.1) is 0 Å². The summed E-state index contributed by atoms with van der Waals surface area (Å²) in [6, 6.07) is 4.23. The summed E-state index contributed by atoms with van der Waals surface area (Å²) >= 11 is 0. The highest BCUT2D eigenvalue weighted by Crippen LogP contribution is 2.09. The van der Waals surface area contributed by atoms with E-state index in [0.29, 0.717) is 19.1 Å². The van der Waals surface area contributed by atoms with Crippen molar-refractivity contribution >= 4 is 5.91 Å². The van der Waals surface area contributed by atoms with Crippen molar-refractivity contribution in [3.05, 3.63) is 24.2 Å². The molecule has 1 aliphatic heterocycles. The second-order valence-electron chi connectivity index (χ2n) is 5.04. The minimum absolute atomic E-state index is 0.144. The van der Waals surface area contributed by atoms with E-state index < -0.39 is 0 Å². The Hall–Kier alpha value is -1.33. The molecular weight excluding hydrogens is 242 g/mol. The average Bonchev–Trinajstić information content (AvgIpc) is 3.08. The highest BCUT2D eigenvalue weighted by Gasteiger charge is 2.24. The van der Waals surface area contributed by atoms with E-state index in [1.54, 1.807) is 11.2 Å². The summed E-state index contributed by atoms with van der Waals surface area (Å²) in [4.78, 5) is 16.2. The molecule has 1 saturated heterocycles. The van der Waals surface area contributed by atoms with Gasteiger partial charge in [-0.25, -0.2) is 0 Å². The van der Waals surface area contributed by atoms with E-state index in [1.165, 1.54) is 0 Å². The molecule has 1 unspecified atom stereocenters. The number of hydrogen-bond donors (Lipinski definition) is 1. The van der Waals surface area contributed by atoms with Gasteiger partial charge in [0, 0.05) is 19.6 Å². The summed E-state index contributed by atoms with van der Waals surface area (Å²) in [6.07, 6.45) is 2.76. The molecule has 19 heavy (non-hydrogen) atoms. The maximum absolute atomic E-state index is 12.2. The second-order valence-corrected chi connectivity index (χ2v) is 5.04. The fraction of sp³-hybridized carbons (Fsp3) is 0.643. The molecule has 1 aliphatic rings. The Kier molecular flexibility index (Phi) is 4.99. The van der Waals surface area contributed by atoms with Crippen LogP contribution in [0.4, 0.5) is 0 Å². The van der Waals surface area contributed by atoms with Gasteiger partial charge < -0.3 is 14.6 Å². The first-order valence-corrected chi connectivity index (χ1v) is 6.91. The highest BCUT2D eigenvalue weighted by molar-refractivity contribution is 5.78. The van der Waals surface area contributed by atoms with Crippen LogP contribution < -0.4 is 5.32 Å². The van der Waals surface area contributed by atoms with Crippen LogP contribution in [0.2, 0.25) is 0 Å². The molecular formula is C14H23N3O2. The predicted molar refractivity (Wildman–Crippen MR) is 73.7 cm³/mol. The van der Waals surface area contributed by atoms with E-state index in [2.05, 4.69) is 17.1 Å². The van der Waals surface area contributed by atoms with Crippen LogP contribution in [0.5, 0.6) is 0 Å². The quantitative estimate of drug-likeness (QED) is 0.831. The van der Waals surface area contributed by atoms with Crippen molar-refractivity contribution in [1.29, 1.82) is 0 Å². The number of nitrogens with one attached hydrogen (secondary N) is 1. The fourth-order valence-electron chi connectivity index (χ4n) is 2.47. The summed E-state index contributed by atoms with van der Waals surface area (Å²) < 4.78 is 5.27. The molecule has 0 spiro atoms. The molecule has 1 fully saturated rings. The maximum Gasteiger partial charge on any atom is 0.236 e. The van der Waals surface area contributed by atoms with Crippen LogP contribution in [0, 0.1) is 0 Å². The van der Waals surface area contributed by atoms with Gasteiger partial charge in [0.1, 0.15) is 5.76 Å². The lowest BCUT2D eigenvalue weighted by atomic mass is 10.2. The number of amides is 1. The van der Waals surface area contributed by atoms with Crippen LogP contribution in [-0.2, 0) is 11.3 Å². The first-order chi connectivity index (χ1) is 9.20. The Morgan fingerprint density at radius 3 is 3.00 bits per heavy atom. The number of hydrogen-bond acceptors (Lipinski definition) is 4. The lowest BCUT2D eigenvalue weighted by molar-refractivity contribution is -0.132. The lowest BCUT2D eigenvalue weighted by Gasteiger charge is -2.28. The van der Waals surface area contributed by atoms with Crippen molar-refractivity contribution < 1.29 is 9.21 Å². The molecule has 1 amide bonds. The van der Waals surface area contributed by atoms with Crippen LogP contribution in [0.25, 0.3) is 0 Å². The number of nitrogens with zero attached hydrogens (tertiary/aromatic N) is 2. The zero-order valence-corrected chi connectivity index (χ0v) is 11.8. The molecule has 5 heteroatoms. The Morgan fingerprint density at radius 1 is 1.58 bits per heavy atom. The van der Waals surface area contributed by atoms with E-state index >= 15 is 0 Å². The van der Waals surface area contributed by atoms with E-state index in [0.717, 1.165) is 31.8 Å². The molecule has 106 valence electrons. The summed E-state index contributed by atoms with van der Waals surface area (Å²) in [5, 5.41) is 3.34. The molecule has 0 saturated carbocycles. The predicted octanol–water partition coefficient (Wildman–Crippen LogP) is 0.922. The van der Waals surface area contributed by atoms with E-state index in [4.69, 9.17) is 4.42 Å². The van der Waals surface area contributed by atoms with Crippen LogP contribution in [0.1, 0.15) is 19.1 Å². The molecule has 0 aromatic carbocycles. The summed E-state index contributed by atoms with van der Waals surface area (Å²) in [6.45, 7) is 6.08. The van der Waals surface area contributed by atoms with Gasteiger partial charge >= 0.3 is 0 Å². The minimum atomic E-state index is 0.144. The third kappa shape index (κ3) is 3.81. The first kappa shape index (κ1) is 14.1. The van der Waals surface area contributed by atoms with Crippen LogP contribution in [0.15, 0.2) is 22.8 Å². The minimum Gasteiger partial charge on any atom is -0.467 e. The van der Waals surface area contributed by atoms with Gasteiger partial charge in [-0.1, -0.05) is 6.92 Å². The Labute approximate surface area is 114 Å². The Balaban J connectivity index is 1.84. The maximum atomic E-state index is 12.2. The van der Waals surface area contributed by atoms with E-state index in [9.17, 15) is 4.79 Å². The standard InChI is InChI=1S/C14H23N3O2/c1-3-17(12-6-7-15-9-12)11-14(18)16(2)10-13-5-4-8-19-13/h4-5,8,12,15H,3,6-7,9-11H2,1-2H3. The number of rotatable bonds is 6. The highest BCUT2D eigenvalue weighted by atomic mass is 16.3. The smallest absolute Gasteiger partial charge is 0.236 e. The van der Waals surface area contributed by atoms with Crippen molar-refractivity contribution in [2.24, 2.45) is 0 Å². The largest absolute Gasteiger partial charge is 0.467 e. The Morgan fingerprint density at radius 2 is 2.42 bits per heavy atom. The molecule has 1 aromatic rings. The normalized spacial score (nSPS) is 19.0. The van der Waals surface area contributed by atoms with Gasteiger partial charge in [0.15, 0.2) is 0 Å². The molecule has 1 N–H and O–H groups in total. The summed E-state index contributed by atoms with van der Waals surface area (Å²) in [5.41, 5.74) is 0. The summed E-state index contributed by atoms with van der Waals surface area (Å²) in [5.74, 6) is 0.964. The monoisotopic (exact) mass is 265 g/mol. The first-order valence-electron chi connectivity index (χ1n) is 6.91. The number of carbonyl (C=O) groups is 1. The van der Waals surface area contributed by atoms with Crippen molar-refractivity contribution in [1.82, 2.24) is 15.1 Å². The van der Waals surface area contributed by atoms with E-state index in [1.807, 2.05) is 19.2 Å². The molecule has 1 aromatic heterocycles. The van der Waals surface area contributed by atoms with Crippen LogP contribution >= 0.6 is 0 Å². The van der Waals surface area contributed by atoms with Crippen LogP contribution in [-0.4, -0.2) is 55.0 Å². The van der Waals surface area contributed by atoms with Crippen molar-refractivity contribution in [3.8, 4) is 0 Å². The second kappa shape index (κ2) is 6.73.